The monoisotopic (exact) mass is 255 g/mol. The van der Waals surface area contributed by atoms with Crippen LogP contribution >= 0.6 is 15.9 Å². The molecule has 0 saturated carbocycles. The summed E-state index contributed by atoms with van der Waals surface area (Å²) < 4.78 is 0.982. The Morgan fingerprint density at radius 2 is 2.21 bits per heavy atom. The first-order valence-electron chi connectivity index (χ1n) is 4.46. The van der Waals surface area contributed by atoms with Gasteiger partial charge in [0.2, 0.25) is 0 Å². The lowest BCUT2D eigenvalue weighted by Crippen LogP contribution is -2.34. The van der Waals surface area contributed by atoms with Gasteiger partial charge in [0.1, 0.15) is 5.78 Å². The summed E-state index contributed by atoms with van der Waals surface area (Å²) in [6.07, 6.45) is 0.365. The molecule has 76 valence electrons. The van der Waals surface area contributed by atoms with E-state index in [0.29, 0.717) is 6.42 Å². The van der Waals surface area contributed by atoms with Crippen LogP contribution in [-0.2, 0) is 10.3 Å². The van der Waals surface area contributed by atoms with Gasteiger partial charge < -0.3 is 5.73 Å². The molecule has 1 rings (SSSR count). The fourth-order valence-corrected chi connectivity index (χ4v) is 1.86. The molecule has 0 amide bonds. The number of hydrogen-bond donors (Lipinski definition) is 1. The van der Waals surface area contributed by atoms with Gasteiger partial charge in [-0.15, -0.1) is 0 Å². The van der Waals surface area contributed by atoms with Gasteiger partial charge in [0.15, 0.2) is 0 Å². The molecule has 1 atom stereocenters. The van der Waals surface area contributed by atoms with E-state index in [4.69, 9.17) is 5.73 Å². The Balaban J connectivity index is 2.97. The maximum absolute atomic E-state index is 11.0. The molecule has 0 aromatic heterocycles. The van der Waals surface area contributed by atoms with Gasteiger partial charge in [-0.05, 0) is 31.5 Å². The molecule has 2 N–H and O–H groups in total. The highest BCUT2D eigenvalue weighted by molar-refractivity contribution is 9.10. The van der Waals surface area contributed by atoms with Crippen molar-refractivity contribution in [1.29, 1.82) is 0 Å². The highest BCUT2D eigenvalue weighted by Gasteiger charge is 2.22. The van der Waals surface area contributed by atoms with E-state index in [9.17, 15) is 4.79 Å². The predicted molar refractivity (Wildman–Crippen MR) is 61.0 cm³/mol. The van der Waals surface area contributed by atoms with E-state index in [1.165, 1.54) is 0 Å². The van der Waals surface area contributed by atoms with Crippen LogP contribution < -0.4 is 5.73 Å². The van der Waals surface area contributed by atoms with E-state index in [0.717, 1.165) is 10.0 Å². The molecule has 0 aliphatic carbocycles. The van der Waals surface area contributed by atoms with Gasteiger partial charge in [-0.2, -0.15) is 0 Å². The van der Waals surface area contributed by atoms with Crippen LogP contribution in [0.5, 0.6) is 0 Å². The number of carbonyl (C=O) groups excluding carboxylic acids is 1. The van der Waals surface area contributed by atoms with Crippen LogP contribution in [0, 0.1) is 0 Å². The average Bonchev–Trinajstić information content (AvgIpc) is 2.01. The molecule has 1 aromatic rings. The summed E-state index contributed by atoms with van der Waals surface area (Å²) in [6.45, 7) is 3.43. The summed E-state index contributed by atoms with van der Waals surface area (Å²) in [5.41, 5.74) is 6.47. The minimum atomic E-state index is -0.574. The zero-order valence-electron chi connectivity index (χ0n) is 8.38. The minimum Gasteiger partial charge on any atom is -0.321 e. The van der Waals surface area contributed by atoms with Gasteiger partial charge in [-0.25, -0.2) is 0 Å². The summed E-state index contributed by atoms with van der Waals surface area (Å²) in [5.74, 6) is 0.106. The van der Waals surface area contributed by atoms with Gasteiger partial charge in [0.05, 0.1) is 0 Å². The van der Waals surface area contributed by atoms with Crippen molar-refractivity contribution in [3.05, 3.63) is 34.3 Å². The van der Waals surface area contributed by atoms with Crippen molar-refractivity contribution >= 4 is 21.7 Å². The van der Waals surface area contributed by atoms with Gasteiger partial charge in [0, 0.05) is 16.4 Å². The minimum absolute atomic E-state index is 0.106. The summed E-state index contributed by atoms with van der Waals surface area (Å²) in [6, 6.07) is 7.74. The number of nitrogens with two attached hydrogens (primary N) is 1. The van der Waals surface area contributed by atoms with Gasteiger partial charge in [-0.1, -0.05) is 28.1 Å². The first-order valence-corrected chi connectivity index (χ1v) is 5.25. The highest BCUT2D eigenvalue weighted by atomic mass is 79.9. The van der Waals surface area contributed by atoms with Gasteiger partial charge >= 0.3 is 0 Å². The smallest absolute Gasteiger partial charge is 0.132 e. The fourth-order valence-electron chi connectivity index (χ4n) is 1.46. The van der Waals surface area contributed by atoms with E-state index in [-0.39, 0.29) is 5.78 Å². The second-order valence-corrected chi connectivity index (χ2v) is 4.72. The highest BCUT2D eigenvalue weighted by Crippen LogP contribution is 2.24. The largest absolute Gasteiger partial charge is 0.321 e. The number of halogens is 1. The Morgan fingerprint density at radius 1 is 1.57 bits per heavy atom. The fraction of sp³-hybridized carbons (Fsp3) is 0.364. The Labute approximate surface area is 92.6 Å². The lowest BCUT2D eigenvalue weighted by Gasteiger charge is -2.24. The van der Waals surface area contributed by atoms with E-state index in [1.807, 2.05) is 31.2 Å². The standard InChI is InChI=1S/C11H14BrNO/c1-8(14)7-11(2,13)9-4-3-5-10(12)6-9/h3-6H,7,13H2,1-2H3/t11-/m0/s1. The summed E-state index contributed by atoms with van der Waals surface area (Å²) >= 11 is 3.38. The molecule has 0 radical (unpaired) electrons. The van der Waals surface area contributed by atoms with Crippen molar-refractivity contribution in [3.8, 4) is 0 Å². The lowest BCUT2D eigenvalue weighted by molar-refractivity contribution is -0.118. The third-order valence-corrected chi connectivity index (χ3v) is 2.59. The number of rotatable bonds is 3. The Hall–Kier alpha value is -0.670. The zero-order chi connectivity index (χ0) is 10.8. The molecule has 1 aromatic carbocycles. The van der Waals surface area contributed by atoms with E-state index in [2.05, 4.69) is 15.9 Å². The van der Waals surface area contributed by atoms with Crippen molar-refractivity contribution in [2.45, 2.75) is 25.8 Å². The molecule has 0 spiro atoms. The first-order chi connectivity index (χ1) is 6.42. The van der Waals surface area contributed by atoms with Crippen LogP contribution in [0.3, 0.4) is 0 Å². The van der Waals surface area contributed by atoms with E-state index < -0.39 is 5.54 Å². The molecular formula is C11H14BrNO. The van der Waals surface area contributed by atoms with Crippen LogP contribution in [0.2, 0.25) is 0 Å². The second-order valence-electron chi connectivity index (χ2n) is 3.81. The SMILES string of the molecule is CC(=O)C[C@](C)(N)c1cccc(Br)c1. The average molecular weight is 256 g/mol. The van der Waals surface area contributed by atoms with Crippen LogP contribution in [0.4, 0.5) is 0 Å². The van der Waals surface area contributed by atoms with Crippen LogP contribution in [0.25, 0.3) is 0 Å². The number of Topliss-reactive ketones (excluding diaryl/α,β-unsaturated/α-hetero) is 1. The molecule has 0 fully saturated rings. The molecule has 0 aliphatic rings. The summed E-state index contributed by atoms with van der Waals surface area (Å²) in [4.78, 5) is 11.0. The summed E-state index contributed by atoms with van der Waals surface area (Å²) in [5, 5.41) is 0. The van der Waals surface area contributed by atoms with E-state index in [1.54, 1.807) is 6.92 Å². The molecule has 0 bridgehead atoms. The second kappa shape index (κ2) is 4.24. The van der Waals surface area contributed by atoms with Crippen molar-refractivity contribution in [3.63, 3.8) is 0 Å². The van der Waals surface area contributed by atoms with Crippen molar-refractivity contribution in [2.24, 2.45) is 5.73 Å². The first kappa shape index (κ1) is 11.4. The normalized spacial score (nSPS) is 14.9. The molecule has 0 aliphatic heterocycles. The third-order valence-electron chi connectivity index (χ3n) is 2.10. The molecule has 0 unspecified atom stereocenters. The quantitative estimate of drug-likeness (QED) is 0.903. The molecule has 3 heteroatoms. The Bertz CT molecular complexity index is 347. The number of carbonyl (C=O) groups is 1. The molecular weight excluding hydrogens is 242 g/mol. The molecule has 14 heavy (non-hydrogen) atoms. The molecule has 2 nitrogen and oxygen atoms in total. The number of benzene rings is 1. The maximum atomic E-state index is 11.0. The van der Waals surface area contributed by atoms with Crippen LogP contribution in [-0.4, -0.2) is 5.78 Å². The third kappa shape index (κ3) is 2.93. The van der Waals surface area contributed by atoms with E-state index >= 15 is 0 Å². The van der Waals surface area contributed by atoms with Crippen molar-refractivity contribution < 1.29 is 4.79 Å². The molecule has 0 saturated heterocycles. The predicted octanol–water partition coefficient (Wildman–Crippen LogP) is 2.60. The van der Waals surface area contributed by atoms with Crippen LogP contribution in [0.1, 0.15) is 25.8 Å². The maximum Gasteiger partial charge on any atom is 0.132 e. The number of ketones is 1. The van der Waals surface area contributed by atoms with Crippen molar-refractivity contribution in [2.75, 3.05) is 0 Å². The molecule has 0 heterocycles. The topological polar surface area (TPSA) is 43.1 Å². The Kier molecular flexibility index (Phi) is 3.45. The summed E-state index contributed by atoms with van der Waals surface area (Å²) in [7, 11) is 0. The van der Waals surface area contributed by atoms with Gasteiger partial charge in [-0.3, -0.25) is 4.79 Å². The van der Waals surface area contributed by atoms with Crippen molar-refractivity contribution in [1.82, 2.24) is 0 Å². The Morgan fingerprint density at radius 3 is 2.71 bits per heavy atom. The van der Waals surface area contributed by atoms with Crippen LogP contribution in [0.15, 0.2) is 28.7 Å². The van der Waals surface area contributed by atoms with Gasteiger partial charge in [0.25, 0.3) is 0 Å². The lowest BCUT2D eigenvalue weighted by atomic mass is 9.88. The number of hydrogen-bond acceptors (Lipinski definition) is 2. The zero-order valence-corrected chi connectivity index (χ0v) is 9.97.